The summed E-state index contributed by atoms with van der Waals surface area (Å²) in [4.78, 5) is 2.39. The maximum absolute atomic E-state index is 9.69. The number of aliphatic hydroxyl groups excluding tert-OH is 1. The number of nitrogens with zero attached hydrogens (tertiary/aromatic N) is 1. The molecule has 0 spiro atoms. The molecule has 2 unspecified atom stereocenters. The first-order valence-corrected chi connectivity index (χ1v) is 7.35. The number of benzene rings is 1. The van der Waals surface area contributed by atoms with Gasteiger partial charge in [-0.1, -0.05) is 25.1 Å². The van der Waals surface area contributed by atoms with E-state index in [4.69, 9.17) is 5.73 Å². The standard InChI is InChI=1S/C16H24N2O/c1-12-8-13-4-2-3-5-15(13)18(9-12)10-16(17,11-19)14-6-7-14/h2-5,12,14,19H,6-11,17H2,1H3. The third-order valence-corrected chi connectivity index (χ3v) is 4.60. The molecular weight excluding hydrogens is 236 g/mol. The quantitative estimate of drug-likeness (QED) is 0.867. The molecule has 1 heterocycles. The second-order valence-corrected chi connectivity index (χ2v) is 6.48. The fraction of sp³-hybridized carbons (Fsp3) is 0.625. The third kappa shape index (κ3) is 2.49. The van der Waals surface area contributed by atoms with Crippen molar-refractivity contribution >= 4 is 5.69 Å². The van der Waals surface area contributed by atoms with Crippen LogP contribution < -0.4 is 10.6 Å². The summed E-state index contributed by atoms with van der Waals surface area (Å²) in [5.74, 6) is 1.15. The normalized spacial score (nSPS) is 25.8. The van der Waals surface area contributed by atoms with Crippen LogP contribution in [0, 0.1) is 11.8 Å². The first-order chi connectivity index (χ1) is 9.12. The Morgan fingerprint density at radius 1 is 1.37 bits per heavy atom. The van der Waals surface area contributed by atoms with Crippen molar-refractivity contribution in [2.75, 3.05) is 24.6 Å². The Kier molecular flexibility index (Phi) is 3.27. The molecule has 1 saturated carbocycles. The number of fused-ring (bicyclic) bond motifs is 1. The molecule has 3 N–H and O–H groups in total. The lowest BCUT2D eigenvalue weighted by Gasteiger charge is -2.40. The van der Waals surface area contributed by atoms with Gasteiger partial charge in [0.1, 0.15) is 0 Å². The molecule has 3 heteroatoms. The SMILES string of the molecule is CC1Cc2ccccc2N(CC(N)(CO)C2CC2)C1. The molecule has 0 saturated heterocycles. The van der Waals surface area contributed by atoms with Crippen LogP contribution in [0.5, 0.6) is 0 Å². The van der Waals surface area contributed by atoms with E-state index in [1.165, 1.54) is 24.1 Å². The fourth-order valence-electron chi connectivity index (χ4n) is 3.38. The molecule has 19 heavy (non-hydrogen) atoms. The van der Waals surface area contributed by atoms with Crippen molar-refractivity contribution in [1.82, 2.24) is 0 Å². The lowest BCUT2D eigenvalue weighted by atomic mass is 9.89. The smallest absolute Gasteiger partial charge is 0.0631 e. The summed E-state index contributed by atoms with van der Waals surface area (Å²) in [5.41, 5.74) is 8.74. The average Bonchev–Trinajstić information content (AvgIpc) is 3.23. The Labute approximate surface area is 115 Å². The van der Waals surface area contributed by atoms with E-state index in [1.54, 1.807) is 0 Å². The van der Waals surface area contributed by atoms with Gasteiger partial charge in [-0.15, -0.1) is 0 Å². The lowest BCUT2D eigenvalue weighted by Crippen LogP contribution is -2.56. The predicted molar refractivity (Wildman–Crippen MR) is 78.3 cm³/mol. The first kappa shape index (κ1) is 12.9. The van der Waals surface area contributed by atoms with Gasteiger partial charge in [0.15, 0.2) is 0 Å². The van der Waals surface area contributed by atoms with Gasteiger partial charge in [-0.05, 0) is 42.7 Å². The second kappa shape index (κ2) is 4.80. The maximum atomic E-state index is 9.69. The van der Waals surface area contributed by atoms with Crippen LogP contribution in [0.1, 0.15) is 25.3 Å². The number of para-hydroxylation sites is 1. The first-order valence-electron chi connectivity index (χ1n) is 7.35. The van der Waals surface area contributed by atoms with Gasteiger partial charge in [0.05, 0.1) is 12.1 Å². The summed E-state index contributed by atoms with van der Waals surface area (Å²) in [6.45, 7) is 4.19. The highest BCUT2D eigenvalue weighted by molar-refractivity contribution is 5.56. The highest BCUT2D eigenvalue weighted by Gasteiger charge is 2.43. The van der Waals surface area contributed by atoms with Crippen LogP contribution >= 0.6 is 0 Å². The molecule has 1 fully saturated rings. The number of anilines is 1. The number of nitrogens with two attached hydrogens (primary N) is 1. The zero-order valence-electron chi connectivity index (χ0n) is 11.7. The molecule has 1 aliphatic heterocycles. The predicted octanol–water partition coefficient (Wildman–Crippen LogP) is 1.78. The highest BCUT2D eigenvalue weighted by atomic mass is 16.3. The molecule has 2 aliphatic rings. The monoisotopic (exact) mass is 260 g/mol. The number of hydrogen-bond donors (Lipinski definition) is 2. The summed E-state index contributed by atoms with van der Waals surface area (Å²) >= 11 is 0. The second-order valence-electron chi connectivity index (χ2n) is 6.48. The Bertz CT molecular complexity index is 458. The topological polar surface area (TPSA) is 49.5 Å². The number of aliphatic hydroxyl groups is 1. The third-order valence-electron chi connectivity index (χ3n) is 4.60. The van der Waals surface area contributed by atoms with Crippen molar-refractivity contribution in [1.29, 1.82) is 0 Å². The van der Waals surface area contributed by atoms with Crippen LogP contribution in [-0.2, 0) is 6.42 Å². The van der Waals surface area contributed by atoms with Gasteiger partial charge in [0.25, 0.3) is 0 Å². The van der Waals surface area contributed by atoms with Gasteiger partial charge >= 0.3 is 0 Å². The molecule has 3 rings (SSSR count). The van der Waals surface area contributed by atoms with Crippen molar-refractivity contribution in [3.05, 3.63) is 29.8 Å². The van der Waals surface area contributed by atoms with Crippen LogP contribution in [0.15, 0.2) is 24.3 Å². The van der Waals surface area contributed by atoms with E-state index in [2.05, 4.69) is 36.1 Å². The van der Waals surface area contributed by atoms with Crippen LogP contribution in [0.3, 0.4) is 0 Å². The minimum atomic E-state index is -0.426. The van der Waals surface area contributed by atoms with Gasteiger partial charge in [0.2, 0.25) is 0 Å². The van der Waals surface area contributed by atoms with E-state index in [9.17, 15) is 5.11 Å². The van der Waals surface area contributed by atoms with Gasteiger partial charge in [0, 0.05) is 18.8 Å². The van der Waals surface area contributed by atoms with Crippen molar-refractivity contribution in [3.63, 3.8) is 0 Å². The Balaban J connectivity index is 1.84. The fourth-order valence-corrected chi connectivity index (χ4v) is 3.38. The minimum Gasteiger partial charge on any atom is -0.394 e. The largest absolute Gasteiger partial charge is 0.394 e. The van der Waals surface area contributed by atoms with E-state index >= 15 is 0 Å². The summed E-state index contributed by atoms with van der Waals surface area (Å²) in [7, 11) is 0. The molecule has 0 amide bonds. The average molecular weight is 260 g/mol. The van der Waals surface area contributed by atoms with Crippen molar-refractivity contribution in [3.8, 4) is 0 Å². The molecule has 2 atom stereocenters. The van der Waals surface area contributed by atoms with E-state index in [-0.39, 0.29) is 6.61 Å². The van der Waals surface area contributed by atoms with Crippen LogP contribution in [-0.4, -0.2) is 30.3 Å². The Morgan fingerprint density at radius 3 is 2.79 bits per heavy atom. The van der Waals surface area contributed by atoms with Crippen molar-refractivity contribution < 1.29 is 5.11 Å². The van der Waals surface area contributed by atoms with E-state index < -0.39 is 5.54 Å². The van der Waals surface area contributed by atoms with Crippen molar-refractivity contribution in [2.24, 2.45) is 17.6 Å². The van der Waals surface area contributed by atoms with Gasteiger partial charge in [-0.2, -0.15) is 0 Å². The van der Waals surface area contributed by atoms with Crippen LogP contribution in [0.4, 0.5) is 5.69 Å². The lowest BCUT2D eigenvalue weighted by molar-refractivity contribution is 0.178. The molecule has 1 aromatic carbocycles. The zero-order chi connectivity index (χ0) is 13.5. The summed E-state index contributed by atoms with van der Waals surface area (Å²) in [5, 5.41) is 9.69. The van der Waals surface area contributed by atoms with Gasteiger partial charge in [-0.3, -0.25) is 0 Å². The zero-order valence-corrected chi connectivity index (χ0v) is 11.7. The van der Waals surface area contributed by atoms with E-state index in [0.717, 1.165) is 19.5 Å². The van der Waals surface area contributed by atoms with Gasteiger partial charge < -0.3 is 15.7 Å². The molecule has 0 aromatic heterocycles. The summed E-state index contributed by atoms with van der Waals surface area (Å²) in [6.07, 6.45) is 3.48. The molecule has 1 aromatic rings. The molecule has 0 radical (unpaired) electrons. The molecule has 3 nitrogen and oxygen atoms in total. The number of hydrogen-bond acceptors (Lipinski definition) is 3. The van der Waals surface area contributed by atoms with Crippen LogP contribution in [0.25, 0.3) is 0 Å². The maximum Gasteiger partial charge on any atom is 0.0631 e. The highest BCUT2D eigenvalue weighted by Crippen LogP contribution is 2.40. The van der Waals surface area contributed by atoms with Crippen molar-refractivity contribution in [2.45, 2.75) is 31.7 Å². The molecule has 0 bridgehead atoms. The molecular formula is C16H24N2O. The van der Waals surface area contributed by atoms with Gasteiger partial charge in [-0.25, -0.2) is 0 Å². The minimum absolute atomic E-state index is 0.0880. The van der Waals surface area contributed by atoms with E-state index in [0.29, 0.717) is 11.8 Å². The summed E-state index contributed by atoms with van der Waals surface area (Å²) < 4.78 is 0. The Morgan fingerprint density at radius 2 is 2.11 bits per heavy atom. The number of rotatable bonds is 4. The molecule has 104 valence electrons. The van der Waals surface area contributed by atoms with Crippen LogP contribution in [0.2, 0.25) is 0 Å². The molecule has 1 aliphatic carbocycles. The summed E-state index contributed by atoms with van der Waals surface area (Å²) in [6, 6.07) is 8.60. The van der Waals surface area contributed by atoms with E-state index in [1.807, 2.05) is 0 Å². The Hall–Kier alpha value is -1.06.